The summed E-state index contributed by atoms with van der Waals surface area (Å²) in [4.78, 5) is 0. The van der Waals surface area contributed by atoms with Gasteiger partial charge in [0.25, 0.3) is 0 Å². The Morgan fingerprint density at radius 1 is 0.857 bits per heavy atom. The van der Waals surface area contributed by atoms with E-state index in [1.54, 1.807) is 0 Å². The second kappa shape index (κ2) is 11.5. The van der Waals surface area contributed by atoms with Gasteiger partial charge in [-0.1, -0.05) is 54.5 Å². The van der Waals surface area contributed by atoms with Crippen LogP contribution in [0, 0.1) is 0 Å². The summed E-state index contributed by atoms with van der Waals surface area (Å²) in [5, 5.41) is 18.8. The van der Waals surface area contributed by atoms with E-state index in [9.17, 15) is 0 Å². The fourth-order valence-electron chi connectivity index (χ4n) is 1.45. The molecule has 0 amide bonds. The summed E-state index contributed by atoms with van der Waals surface area (Å²) in [6.45, 7) is -0.0920. The smallest absolute Gasteiger partial charge is 0.0770 e. The molecule has 14 heavy (non-hydrogen) atoms. The topological polar surface area (TPSA) is 40.5 Å². The first-order chi connectivity index (χ1) is 6.81. The summed E-state index contributed by atoms with van der Waals surface area (Å²) in [7, 11) is 0. The van der Waals surface area contributed by atoms with E-state index in [-0.39, 0.29) is 6.61 Å². The maximum atomic E-state index is 9.08. The van der Waals surface area contributed by atoms with E-state index in [1.165, 1.54) is 38.5 Å². The minimum Gasteiger partial charge on any atom is -0.394 e. The fourth-order valence-corrected chi connectivity index (χ4v) is 1.85. The van der Waals surface area contributed by atoms with Crippen molar-refractivity contribution in [2.45, 2.75) is 57.5 Å². The van der Waals surface area contributed by atoms with Crippen LogP contribution < -0.4 is 0 Å². The summed E-state index contributed by atoms with van der Waals surface area (Å²) in [6.07, 6.45) is 8.98. The predicted molar refractivity (Wildman–Crippen MR) is 63.8 cm³/mol. The van der Waals surface area contributed by atoms with Gasteiger partial charge in [0.1, 0.15) is 0 Å². The minimum absolute atomic E-state index is 0.0920. The molecule has 2 nitrogen and oxygen atoms in total. The van der Waals surface area contributed by atoms with Crippen molar-refractivity contribution in [1.82, 2.24) is 0 Å². The number of aliphatic hydroxyl groups excluding tert-OH is 2. The quantitative estimate of drug-likeness (QED) is 0.472. The first-order valence-electron chi connectivity index (χ1n) is 5.66. The lowest BCUT2D eigenvalue weighted by molar-refractivity contribution is 0.0860. The summed E-state index contributed by atoms with van der Waals surface area (Å²) < 4.78 is 0. The Labute approximate surface area is 95.8 Å². The second-order valence-electron chi connectivity index (χ2n) is 3.79. The number of hydrogen-bond acceptors (Lipinski definition) is 2. The van der Waals surface area contributed by atoms with Gasteiger partial charge in [-0.25, -0.2) is 0 Å². The Bertz CT molecular complexity index is 109. The van der Waals surface area contributed by atoms with Gasteiger partial charge in [0.05, 0.1) is 12.7 Å². The number of halogens is 1. The largest absolute Gasteiger partial charge is 0.394 e. The average Bonchev–Trinajstić information content (AvgIpc) is 2.21. The van der Waals surface area contributed by atoms with Crippen LogP contribution in [-0.4, -0.2) is 28.3 Å². The van der Waals surface area contributed by atoms with Crippen molar-refractivity contribution in [1.29, 1.82) is 0 Å². The molecule has 0 aromatic carbocycles. The standard InChI is InChI=1S/C11H23BrO2/c12-9-7-5-3-1-2-4-6-8-11(14)10-13/h11,13-14H,1-10H2. The lowest BCUT2D eigenvalue weighted by Crippen LogP contribution is -2.10. The Kier molecular flexibility index (Phi) is 11.8. The second-order valence-corrected chi connectivity index (χ2v) is 4.58. The third kappa shape index (κ3) is 10.5. The molecule has 3 heteroatoms. The summed E-state index contributed by atoms with van der Waals surface area (Å²) in [6, 6.07) is 0. The molecule has 1 unspecified atom stereocenters. The van der Waals surface area contributed by atoms with Gasteiger partial charge in [-0.3, -0.25) is 0 Å². The Morgan fingerprint density at radius 2 is 1.36 bits per heavy atom. The third-order valence-corrected chi connectivity index (χ3v) is 2.94. The zero-order valence-corrected chi connectivity index (χ0v) is 10.5. The lowest BCUT2D eigenvalue weighted by Gasteiger charge is -2.05. The zero-order valence-electron chi connectivity index (χ0n) is 8.92. The molecule has 0 aliphatic carbocycles. The highest BCUT2D eigenvalue weighted by Crippen LogP contribution is 2.10. The molecule has 0 aliphatic rings. The zero-order chi connectivity index (χ0) is 10.6. The molecule has 0 saturated heterocycles. The Balaban J connectivity index is 2.92. The molecule has 0 rings (SSSR count). The van der Waals surface area contributed by atoms with Crippen LogP contribution in [-0.2, 0) is 0 Å². The molecule has 0 heterocycles. The van der Waals surface area contributed by atoms with E-state index in [1.807, 2.05) is 0 Å². The monoisotopic (exact) mass is 266 g/mol. The van der Waals surface area contributed by atoms with Crippen LogP contribution in [0.2, 0.25) is 0 Å². The molecule has 0 aromatic rings. The van der Waals surface area contributed by atoms with E-state index < -0.39 is 6.10 Å². The van der Waals surface area contributed by atoms with Gasteiger partial charge >= 0.3 is 0 Å². The van der Waals surface area contributed by atoms with Gasteiger partial charge in [-0.2, -0.15) is 0 Å². The molecule has 0 spiro atoms. The number of rotatable bonds is 10. The molecule has 0 saturated carbocycles. The Hall–Kier alpha value is 0.400. The average molecular weight is 267 g/mol. The van der Waals surface area contributed by atoms with Gasteiger partial charge < -0.3 is 10.2 Å². The molecule has 0 aromatic heterocycles. The first kappa shape index (κ1) is 14.4. The van der Waals surface area contributed by atoms with Crippen LogP contribution in [0.4, 0.5) is 0 Å². The predicted octanol–water partition coefficient (Wildman–Crippen LogP) is 2.86. The molecule has 86 valence electrons. The number of unbranched alkanes of at least 4 members (excludes halogenated alkanes) is 6. The lowest BCUT2D eigenvalue weighted by atomic mass is 10.1. The number of aliphatic hydroxyl groups is 2. The van der Waals surface area contributed by atoms with Crippen molar-refractivity contribution < 1.29 is 10.2 Å². The van der Waals surface area contributed by atoms with E-state index >= 15 is 0 Å². The van der Waals surface area contributed by atoms with Gasteiger partial charge in [0.2, 0.25) is 0 Å². The maximum Gasteiger partial charge on any atom is 0.0770 e. The van der Waals surface area contributed by atoms with Gasteiger partial charge in [0.15, 0.2) is 0 Å². The number of hydrogen-bond donors (Lipinski definition) is 2. The first-order valence-corrected chi connectivity index (χ1v) is 6.78. The SMILES string of the molecule is OCC(O)CCCCCCCCCBr. The van der Waals surface area contributed by atoms with Crippen molar-refractivity contribution in [3.63, 3.8) is 0 Å². The van der Waals surface area contributed by atoms with Crippen LogP contribution in [0.1, 0.15) is 51.4 Å². The van der Waals surface area contributed by atoms with Crippen LogP contribution in [0.15, 0.2) is 0 Å². The van der Waals surface area contributed by atoms with Gasteiger partial charge in [0, 0.05) is 5.33 Å². The van der Waals surface area contributed by atoms with Crippen LogP contribution in [0.25, 0.3) is 0 Å². The molecule has 1 atom stereocenters. The van der Waals surface area contributed by atoms with E-state index in [2.05, 4.69) is 15.9 Å². The fraction of sp³-hybridized carbons (Fsp3) is 1.00. The highest BCUT2D eigenvalue weighted by molar-refractivity contribution is 9.09. The van der Waals surface area contributed by atoms with Gasteiger partial charge in [-0.15, -0.1) is 0 Å². The Morgan fingerprint density at radius 3 is 1.86 bits per heavy atom. The third-order valence-electron chi connectivity index (χ3n) is 2.38. The van der Waals surface area contributed by atoms with E-state index in [0.29, 0.717) is 0 Å². The molecule has 0 bridgehead atoms. The molecule has 0 radical (unpaired) electrons. The molecule has 2 N–H and O–H groups in total. The maximum absolute atomic E-state index is 9.08. The van der Waals surface area contributed by atoms with E-state index in [0.717, 1.165) is 18.2 Å². The summed E-state index contributed by atoms with van der Waals surface area (Å²) in [5.74, 6) is 0. The molecular formula is C11H23BrO2. The van der Waals surface area contributed by atoms with Crippen molar-refractivity contribution in [2.75, 3.05) is 11.9 Å². The van der Waals surface area contributed by atoms with Crippen molar-refractivity contribution in [3.05, 3.63) is 0 Å². The van der Waals surface area contributed by atoms with Crippen molar-refractivity contribution >= 4 is 15.9 Å². The molecular weight excluding hydrogens is 244 g/mol. The van der Waals surface area contributed by atoms with Crippen LogP contribution in [0.5, 0.6) is 0 Å². The normalized spacial score (nSPS) is 13.1. The highest BCUT2D eigenvalue weighted by atomic mass is 79.9. The van der Waals surface area contributed by atoms with Crippen LogP contribution >= 0.6 is 15.9 Å². The van der Waals surface area contributed by atoms with Gasteiger partial charge in [-0.05, 0) is 12.8 Å². The van der Waals surface area contributed by atoms with Crippen molar-refractivity contribution in [2.24, 2.45) is 0 Å². The molecule has 0 aliphatic heterocycles. The summed E-state index contributed by atoms with van der Waals surface area (Å²) in [5.41, 5.74) is 0. The van der Waals surface area contributed by atoms with E-state index in [4.69, 9.17) is 10.2 Å². The van der Waals surface area contributed by atoms with Crippen molar-refractivity contribution in [3.8, 4) is 0 Å². The summed E-state index contributed by atoms with van der Waals surface area (Å²) >= 11 is 3.42. The minimum atomic E-state index is -0.497. The highest BCUT2D eigenvalue weighted by Gasteiger charge is 2.00. The van der Waals surface area contributed by atoms with Crippen LogP contribution in [0.3, 0.4) is 0 Å². The molecule has 0 fully saturated rings. The number of alkyl halides is 1.